The molecule has 4 heteroatoms. The molecule has 13 heavy (non-hydrogen) atoms. The first-order valence-electron chi connectivity index (χ1n) is 4.87. The molecule has 0 aliphatic carbocycles. The van der Waals surface area contributed by atoms with Crippen LogP contribution in [0, 0.1) is 0 Å². The molecule has 0 aromatic heterocycles. The predicted octanol–water partition coefficient (Wildman–Crippen LogP) is 0.693. The van der Waals surface area contributed by atoms with Gasteiger partial charge in [-0.3, -0.25) is 0 Å². The summed E-state index contributed by atoms with van der Waals surface area (Å²) in [5.41, 5.74) is 5.87. The second-order valence-corrected chi connectivity index (χ2v) is 4.07. The number of thioether (sulfide) groups is 1. The van der Waals surface area contributed by atoms with Gasteiger partial charge in [-0.2, -0.15) is 11.8 Å². The van der Waals surface area contributed by atoms with Crippen LogP contribution in [0.2, 0.25) is 0 Å². The molecule has 0 fully saturated rings. The maximum atomic E-state index is 5.87. The van der Waals surface area contributed by atoms with Crippen LogP contribution in [0.1, 0.15) is 13.3 Å². The summed E-state index contributed by atoms with van der Waals surface area (Å²) in [5, 5.41) is 3.10. The molecule has 0 rings (SSSR count). The van der Waals surface area contributed by atoms with Crippen LogP contribution in [-0.4, -0.2) is 44.4 Å². The standard InChI is InChI=1S/C9H22N2OS/c1-3-12-6-7-13-8-9(10)4-5-11-2/h9,11H,3-8,10H2,1-2H3. The second-order valence-electron chi connectivity index (χ2n) is 2.92. The fourth-order valence-electron chi connectivity index (χ4n) is 0.910. The van der Waals surface area contributed by atoms with Crippen molar-refractivity contribution in [2.75, 3.05) is 38.3 Å². The third kappa shape index (κ3) is 10.1. The molecule has 0 aliphatic heterocycles. The van der Waals surface area contributed by atoms with E-state index in [0.717, 1.165) is 37.7 Å². The van der Waals surface area contributed by atoms with Crippen LogP contribution in [0.25, 0.3) is 0 Å². The molecule has 0 bridgehead atoms. The Morgan fingerprint density at radius 1 is 1.54 bits per heavy atom. The summed E-state index contributed by atoms with van der Waals surface area (Å²) in [4.78, 5) is 0. The molecule has 0 spiro atoms. The summed E-state index contributed by atoms with van der Waals surface area (Å²) in [6.07, 6.45) is 1.05. The largest absolute Gasteiger partial charge is 0.381 e. The minimum Gasteiger partial charge on any atom is -0.381 e. The van der Waals surface area contributed by atoms with E-state index in [1.807, 2.05) is 25.7 Å². The topological polar surface area (TPSA) is 47.3 Å². The Balaban J connectivity index is 3.03. The average Bonchev–Trinajstić information content (AvgIpc) is 2.14. The fourth-order valence-corrected chi connectivity index (χ4v) is 1.78. The molecule has 0 radical (unpaired) electrons. The summed E-state index contributed by atoms with van der Waals surface area (Å²) < 4.78 is 5.22. The van der Waals surface area contributed by atoms with Crippen molar-refractivity contribution in [1.82, 2.24) is 5.32 Å². The molecule has 3 nitrogen and oxygen atoms in total. The first-order chi connectivity index (χ1) is 6.31. The Labute approximate surface area is 85.8 Å². The molecule has 0 saturated carbocycles. The Morgan fingerprint density at radius 3 is 2.92 bits per heavy atom. The lowest BCUT2D eigenvalue weighted by atomic mass is 10.2. The third-order valence-electron chi connectivity index (χ3n) is 1.67. The lowest BCUT2D eigenvalue weighted by molar-refractivity contribution is 0.164. The molecule has 1 unspecified atom stereocenters. The normalized spacial score (nSPS) is 13.2. The highest BCUT2D eigenvalue weighted by Crippen LogP contribution is 2.03. The smallest absolute Gasteiger partial charge is 0.0556 e. The van der Waals surface area contributed by atoms with Crippen molar-refractivity contribution < 1.29 is 4.74 Å². The van der Waals surface area contributed by atoms with Gasteiger partial charge in [0.2, 0.25) is 0 Å². The van der Waals surface area contributed by atoms with Gasteiger partial charge in [-0.1, -0.05) is 0 Å². The number of nitrogens with two attached hydrogens (primary N) is 1. The van der Waals surface area contributed by atoms with Crippen molar-refractivity contribution in [3.8, 4) is 0 Å². The van der Waals surface area contributed by atoms with Gasteiger partial charge in [0.15, 0.2) is 0 Å². The predicted molar refractivity (Wildman–Crippen MR) is 60.3 cm³/mol. The van der Waals surface area contributed by atoms with Gasteiger partial charge in [0, 0.05) is 24.2 Å². The maximum absolute atomic E-state index is 5.87. The Morgan fingerprint density at radius 2 is 2.31 bits per heavy atom. The van der Waals surface area contributed by atoms with Crippen LogP contribution < -0.4 is 11.1 Å². The van der Waals surface area contributed by atoms with E-state index in [1.165, 1.54) is 0 Å². The zero-order valence-electron chi connectivity index (χ0n) is 8.71. The maximum Gasteiger partial charge on any atom is 0.0556 e. The number of hydrogen-bond donors (Lipinski definition) is 2. The van der Waals surface area contributed by atoms with Gasteiger partial charge in [-0.15, -0.1) is 0 Å². The monoisotopic (exact) mass is 206 g/mol. The molecule has 1 atom stereocenters. The average molecular weight is 206 g/mol. The molecule has 3 N–H and O–H groups in total. The highest BCUT2D eigenvalue weighted by molar-refractivity contribution is 7.99. The molecule has 0 aliphatic rings. The van der Waals surface area contributed by atoms with Gasteiger partial charge >= 0.3 is 0 Å². The summed E-state index contributed by atoms with van der Waals surface area (Å²) in [5.74, 6) is 2.09. The molecule has 0 aromatic rings. The van der Waals surface area contributed by atoms with Crippen LogP contribution in [0.5, 0.6) is 0 Å². The first kappa shape index (κ1) is 13.2. The van der Waals surface area contributed by atoms with Gasteiger partial charge < -0.3 is 15.8 Å². The van der Waals surface area contributed by atoms with E-state index in [0.29, 0.717) is 6.04 Å². The second kappa shape index (κ2) is 10.3. The Bertz CT molecular complexity index is 104. The van der Waals surface area contributed by atoms with E-state index in [2.05, 4.69) is 5.32 Å². The van der Waals surface area contributed by atoms with Gasteiger partial charge in [-0.05, 0) is 26.9 Å². The molecule has 80 valence electrons. The molecule has 0 saturated heterocycles. The van der Waals surface area contributed by atoms with Crippen molar-refractivity contribution in [2.24, 2.45) is 5.73 Å². The SMILES string of the molecule is CCOCCSCC(N)CCNC. The van der Waals surface area contributed by atoms with Crippen LogP contribution in [0.4, 0.5) is 0 Å². The summed E-state index contributed by atoms with van der Waals surface area (Å²) in [6, 6.07) is 0.319. The van der Waals surface area contributed by atoms with Gasteiger partial charge in [0.25, 0.3) is 0 Å². The lowest BCUT2D eigenvalue weighted by Crippen LogP contribution is -2.27. The minimum absolute atomic E-state index is 0.319. The van der Waals surface area contributed by atoms with E-state index in [1.54, 1.807) is 0 Å². The van der Waals surface area contributed by atoms with E-state index in [4.69, 9.17) is 10.5 Å². The van der Waals surface area contributed by atoms with E-state index in [-0.39, 0.29) is 0 Å². The van der Waals surface area contributed by atoms with Gasteiger partial charge in [0.05, 0.1) is 6.61 Å². The molecule has 0 amide bonds. The van der Waals surface area contributed by atoms with E-state index in [9.17, 15) is 0 Å². The summed E-state index contributed by atoms with van der Waals surface area (Å²) in [7, 11) is 1.95. The van der Waals surface area contributed by atoms with E-state index >= 15 is 0 Å². The van der Waals surface area contributed by atoms with Crippen molar-refractivity contribution in [3.63, 3.8) is 0 Å². The van der Waals surface area contributed by atoms with Crippen molar-refractivity contribution >= 4 is 11.8 Å². The van der Waals surface area contributed by atoms with E-state index < -0.39 is 0 Å². The Kier molecular flexibility index (Phi) is 10.5. The van der Waals surface area contributed by atoms with Crippen LogP contribution in [0.15, 0.2) is 0 Å². The molecule has 0 aromatic carbocycles. The zero-order valence-corrected chi connectivity index (χ0v) is 9.53. The van der Waals surface area contributed by atoms with Crippen LogP contribution >= 0.6 is 11.8 Å². The molecular formula is C9H22N2OS. The number of nitrogens with one attached hydrogen (secondary N) is 1. The number of rotatable bonds is 9. The van der Waals surface area contributed by atoms with Crippen LogP contribution in [0.3, 0.4) is 0 Å². The minimum atomic E-state index is 0.319. The van der Waals surface area contributed by atoms with Gasteiger partial charge in [0.1, 0.15) is 0 Å². The number of ether oxygens (including phenoxy) is 1. The highest BCUT2D eigenvalue weighted by Gasteiger charge is 2.00. The zero-order chi connectivity index (χ0) is 9.94. The quantitative estimate of drug-likeness (QED) is 0.545. The molecular weight excluding hydrogens is 184 g/mol. The first-order valence-corrected chi connectivity index (χ1v) is 6.02. The molecule has 0 heterocycles. The third-order valence-corrected chi connectivity index (χ3v) is 2.79. The number of hydrogen-bond acceptors (Lipinski definition) is 4. The fraction of sp³-hybridized carbons (Fsp3) is 1.00. The van der Waals surface area contributed by atoms with Gasteiger partial charge in [-0.25, -0.2) is 0 Å². The Hall–Kier alpha value is 0.230. The van der Waals surface area contributed by atoms with Crippen molar-refractivity contribution in [3.05, 3.63) is 0 Å². The highest BCUT2D eigenvalue weighted by atomic mass is 32.2. The van der Waals surface area contributed by atoms with Crippen molar-refractivity contribution in [1.29, 1.82) is 0 Å². The van der Waals surface area contributed by atoms with Crippen molar-refractivity contribution in [2.45, 2.75) is 19.4 Å². The van der Waals surface area contributed by atoms with Crippen LogP contribution in [-0.2, 0) is 4.74 Å². The lowest BCUT2D eigenvalue weighted by Gasteiger charge is -2.10. The summed E-state index contributed by atoms with van der Waals surface area (Å²) >= 11 is 1.87. The summed E-state index contributed by atoms with van der Waals surface area (Å²) in [6.45, 7) is 4.68.